The van der Waals surface area contributed by atoms with Crippen molar-refractivity contribution < 1.29 is 23.6 Å². The van der Waals surface area contributed by atoms with Gasteiger partial charge in [-0.3, -0.25) is 9.59 Å². The normalized spacial score (nSPS) is 17.3. The molecule has 0 aliphatic carbocycles. The van der Waals surface area contributed by atoms with E-state index in [1.807, 2.05) is 40.1 Å². The van der Waals surface area contributed by atoms with E-state index in [2.05, 4.69) is 0 Å². The molecule has 0 aromatic heterocycles. The van der Waals surface area contributed by atoms with Gasteiger partial charge >= 0.3 is 0 Å². The number of nitrogens with zero attached hydrogens (tertiary/aromatic N) is 2. The highest BCUT2D eigenvalue weighted by atomic mass is 19.1. The Balaban J connectivity index is 1.26. The number of ether oxygens (including phenoxy) is 1. The number of hydrogen-bond donors (Lipinski definition) is 1. The van der Waals surface area contributed by atoms with Gasteiger partial charge in [0.2, 0.25) is 11.8 Å². The van der Waals surface area contributed by atoms with Crippen LogP contribution in [0.1, 0.15) is 24.0 Å². The second-order valence-corrected chi connectivity index (χ2v) is 8.27. The lowest BCUT2D eigenvalue weighted by atomic mass is 10.1. The van der Waals surface area contributed by atoms with Crippen LogP contribution in [0.5, 0.6) is 5.75 Å². The fraction of sp³-hybridized carbons (Fsp3) is 0.417. The molecule has 0 radical (unpaired) electrons. The van der Waals surface area contributed by atoms with Crippen LogP contribution in [0.3, 0.4) is 0 Å². The van der Waals surface area contributed by atoms with E-state index in [1.165, 1.54) is 18.1 Å². The van der Waals surface area contributed by atoms with Gasteiger partial charge in [-0.1, -0.05) is 12.1 Å². The number of hydrogen-bond acceptors (Lipinski definition) is 3. The van der Waals surface area contributed by atoms with Gasteiger partial charge < -0.3 is 19.4 Å². The summed E-state index contributed by atoms with van der Waals surface area (Å²) in [4.78, 5) is 29.7. The number of quaternary nitrogens is 1. The average molecular weight is 427 g/mol. The molecule has 2 aromatic rings. The highest BCUT2D eigenvalue weighted by Crippen LogP contribution is 2.22. The van der Waals surface area contributed by atoms with Gasteiger partial charge in [0, 0.05) is 24.2 Å². The first-order valence-electron chi connectivity index (χ1n) is 10.9. The third-order valence-electron chi connectivity index (χ3n) is 6.17. The molecule has 4 rings (SSSR count). The highest BCUT2D eigenvalue weighted by Gasteiger charge is 2.25. The van der Waals surface area contributed by atoms with Crippen molar-refractivity contribution in [2.75, 3.05) is 44.7 Å². The number of benzene rings is 2. The van der Waals surface area contributed by atoms with Crippen molar-refractivity contribution in [3.63, 3.8) is 0 Å². The van der Waals surface area contributed by atoms with Crippen LogP contribution in [-0.2, 0) is 22.6 Å². The Morgan fingerprint density at radius 1 is 1.06 bits per heavy atom. The van der Waals surface area contributed by atoms with Gasteiger partial charge in [0.25, 0.3) is 0 Å². The van der Waals surface area contributed by atoms with E-state index in [1.54, 1.807) is 6.07 Å². The van der Waals surface area contributed by atoms with Gasteiger partial charge in [0.1, 0.15) is 6.54 Å². The van der Waals surface area contributed by atoms with Gasteiger partial charge in [-0.15, -0.1) is 0 Å². The van der Waals surface area contributed by atoms with Gasteiger partial charge in [-0.2, -0.15) is 0 Å². The number of methoxy groups -OCH3 is 1. The molecule has 2 aliphatic heterocycles. The van der Waals surface area contributed by atoms with Crippen molar-refractivity contribution >= 4 is 17.5 Å². The summed E-state index contributed by atoms with van der Waals surface area (Å²) in [6.07, 6.45) is 1.88. The molecule has 164 valence electrons. The number of carbonyl (C=O) groups is 2. The molecule has 2 aromatic carbocycles. The molecule has 31 heavy (non-hydrogen) atoms. The van der Waals surface area contributed by atoms with Crippen molar-refractivity contribution in [2.45, 2.75) is 25.8 Å². The number of halogens is 1. The van der Waals surface area contributed by atoms with Crippen LogP contribution < -0.4 is 14.5 Å². The molecule has 6 nitrogen and oxygen atoms in total. The van der Waals surface area contributed by atoms with Crippen LogP contribution in [0, 0.1) is 5.82 Å². The van der Waals surface area contributed by atoms with E-state index in [9.17, 15) is 14.0 Å². The van der Waals surface area contributed by atoms with Crippen molar-refractivity contribution in [3.05, 3.63) is 59.4 Å². The second kappa shape index (κ2) is 9.47. The maximum Gasteiger partial charge on any atom is 0.227 e. The van der Waals surface area contributed by atoms with E-state index in [4.69, 9.17) is 4.74 Å². The minimum atomic E-state index is -0.340. The zero-order chi connectivity index (χ0) is 21.8. The quantitative estimate of drug-likeness (QED) is 0.761. The smallest absolute Gasteiger partial charge is 0.227 e. The topological polar surface area (TPSA) is 54.3 Å². The number of piperazine rings is 1. The van der Waals surface area contributed by atoms with Crippen LogP contribution in [0.15, 0.2) is 42.5 Å². The second-order valence-electron chi connectivity index (χ2n) is 8.27. The molecule has 0 atom stereocenters. The maximum absolute atomic E-state index is 13.9. The van der Waals surface area contributed by atoms with Crippen LogP contribution in [-0.4, -0.2) is 56.5 Å². The third-order valence-corrected chi connectivity index (χ3v) is 6.17. The predicted molar refractivity (Wildman–Crippen MR) is 116 cm³/mol. The highest BCUT2D eigenvalue weighted by molar-refractivity contribution is 5.95. The molecule has 0 unspecified atom stereocenters. The standard InChI is InChI=1S/C24H28FN3O3/c1-31-22-9-6-19(15-21(22)25)17-26-11-13-27(14-12-26)24(30)16-18-4-7-20(8-5-18)28-10-2-3-23(28)29/h4-9,15H,2-3,10-14,16-17H2,1H3/p+1. The molecule has 0 saturated carbocycles. The van der Waals surface area contributed by atoms with E-state index in [0.717, 1.165) is 49.4 Å². The van der Waals surface area contributed by atoms with Crippen LogP contribution in [0.25, 0.3) is 0 Å². The van der Waals surface area contributed by atoms with Crippen LogP contribution in [0.4, 0.5) is 10.1 Å². The van der Waals surface area contributed by atoms with E-state index >= 15 is 0 Å². The first kappa shape index (κ1) is 21.3. The summed E-state index contributed by atoms with van der Waals surface area (Å²) in [5.41, 5.74) is 2.81. The number of rotatable bonds is 6. The van der Waals surface area contributed by atoms with E-state index in [0.29, 0.717) is 25.9 Å². The molecule has 7 heteroatoms. The summed E-state index contributed by atoms with van der Waals surface area (Å²) in [6.45, 7) is 4.59. The Kier molecular flexibility index (Phi) is 6.51. The lowest BCUT2D eigenvalue weighted by molar-refractivity contribution is -0.917. The maximum atomic E-state index is 13.9. The minimum Gasteiger partial charge on any atom is -0.494 e. The summed E-state index contributed by atoms with van der Waals surface area (Å²) in [5.74, 6) is 0.212. The zero-order valence-corrected chi connectivity index (χ0v) is 17.9. The fourth-order valence-corrected chi connectivity index (χ4v) is 4.36. The molecule has 0 spiro atoms. The van der Waals surface area contributed by atoms with Crippen LogP contribution in [0.2, 0.25) is 0 Å². The Labute approximate surface area is 182 Å². The molecular weight excluding hydrogens is 397 g/mol. The summed E-state index contributed by atoms with van der Waals surface area (Å²) >= 11 is 0. The molecular formula is C24H29FN3O3+. The first-order chi connectivity index (χ1) is 15.0. The average Bonchev–Trinajstić information content (AvgIpc) is 3.21. The summed E-state index contributed by atoms with van der Waals surface area (Å²) < 4.78 is 18.9. The molecule has 2 heterocycles. The molecule has 2 amide bonds. The Hall–Kier alpha value is -2.93. The summed E-state index contributed by atoms with van der Waals surface area (Å²) in [5, 5.41) is 0. The molecule has 2 fully saturated rings. The van der Waals surface area contributed by atoms with E-state index < -0.39 is 0 Å². The van der Waals surface area contributed by atoms with Crippen molar-refractivity contribution in [2.24, 2.45) is 0 Å². The Morgan fingerprint density at radius 2 is 1.77 bits per heavy atom. The first-order valence-corrected chi connectivity index (χ1v) is 10.9. The largest absolute Gasteiger partial charge is 0.494 e. The summed E-state index contributed by atoms with van der Waals surface area (Å²) in [7, 11) is 1.46. The Morgan fingerprint density at radius 3 is 2.39 bits per heavy atom. The monoisotopic (exact) mass is 426 g/mol. The third kappa shape index (κ3) is 5.05. The molecule has 0 bridgehead atoms. The number of amides is 2. The predicted octanol–water partition coefficient (Wildman–Crippen LogP) is 1.43. The SMILES string of the molecule is COc1ccc(C[NH+]2CCN(C(=O)Cc3ccc(N4CCCC4=O)cc3)CC2)cc1F. The van der Waals surface area contributed by atoms with Gasteiger partial charge in [0.05, 0.1) is 39.7 Å². The number of anilines is 1. The number of nitrogens with one attached hydrogen (secondary N) is 1. The fourth-order valence-electron chi connectivity index (χ4n) is 4.36. The van der Waals surface area contributed by atoms with Gasteiger partial charge in [-0.05, 0) is 42.3 Å². The lowest BCUT2D eigenvalue weighted by Crippen LogP contribution is -3.13. The summed E-state index contributed by atoms with van der Waals surface area (Å²) in [6, 6.07) is 12.8. The molecule has 1 N–H and O–H groups in total. The molecule has 2 aliphatic rings. The van der Waals surface area contributed by atoms with Crippen LogP contribution >= 0.6 is 0 Å². The minimum absolute atomic E-state index is 0.125. The van der Waals surface area contributed by atoms with Crippen molar-refractivity contribution in [1.82, 2.24) is 4.90 Å². The van der Waals surface area contributed by atoms with Crippen molar-refractivity contribution in [1.29, 1.82) is 0 Å². The molecule has 2 saturated heterocycles. The van der Waals surface area contributed by atoms with Gasteiger partial charge in [-0.25, -0.2) is 4.39 Å². The lowest BCUT2D eigenvalue weighted by Gasteiger charge is -2.32. The Bertz CT molecular complexity index is 940. The number of carbonyl (C=O) groups excluding carboxylic acids is 2. The zero-order valence-electron chi connectivity index (χ0n) is 17.9. The van der Waals surface area contributed by atoms with Crippen molar-refractivity contribution in [3.8, 4) is 5.75 Å². The van der Waals surface area contributed by atoms with E-state index in [-0.39, 0.29) is 23.4 Å². The van der Waals surface area contributed by atoms with Gasteiger partial charge in [0.15, 0.2) is 11.6 Å².